The fourth-order valence-electron chi connectivity index (χ4n) is 0. The second-order valence-electron chi connectivity index (χ2n) is 2.74. The maximum Gasteiger partial charge on any atom is 0.243 e. The van der Waals surface area contributed by atoms with E-state index in [1.54, 1.807) is 13.8 Å². The minimum atomic E-state index is -0.435. The molecule has 0 spiro atoms. The number of carbonyl (C=O) groups is 2. The molecule has 0 atom stereocenters. The van der Waals surface area contributed by atoms with Gasteiger partial charge in [0.25, 0.3) is 0 Å². The molecular weight excluding hydrogens is 236 g/mol. The molecule has 0 saturated heterocycles. The molecule has 0 bridgehead atoms. The van der Waals surface area contributed by atoms with Crippen LogP contribution in [-0.2, 0) is 9.59 Å². The van der Waals surface area contributed by atoms with Gasteiger partial charge in [0.15, 0.2) is 0 Å². The number of aliphatic hydroxyl groups excluding tert-OH is 2. The topological polar surface area (TPSA) is 127 Å². The van der Waals surface area contributed by atoms with Crippen molar-refractivity contribution in [2.75, 3.05) is 13.2 Å². The lowest BCUT2D eigenvalue weighted by atomic mass is 10.3. The predicted molar refractivity (Wildman–Crippen MR) is 73.4 cm³/mol. The number of hydrogen-bond acceptors (Lipinski definition) is 4. The van der Waals surface area contributed by atoms with Crippen LogP contribution in [0.15, 0.2) is 37.5 Å². The molecule has 2 amide bonds. The standard InChI is InChI=1S/2C4H7NO.C2H6O2.C2H4/c2*1-3(2)4(5)6;3-1-2-4;1-2/h2*1H2,2H3,(H2,5,6);3-4H,1-2H2;1-2H2. The van der Waals surface area contributed by atoms with E-state index in [4.69, 9.17) is 21.7 Å². The van der Waals surface area contributed by atoms with Gasteiger partial charge in [-0.3, -0.25) is 9.59 Å². The molecule has 0 aliphatic rings. The van der Waals surface area contributed by atoms with Crippen LogP contribution in [0.5, 0.6) is 0 Å². The molecule has 0 saturated carbocycles. The molecule has 0 radical (unpaired) electrons. The first-order valence-corrected chi connectivity index (χ1v) is 4.83. The van der Waals surface area contributed by atoms with Crippen LogP contribution in [0.25, 0.3) is 0 Å². The van der Waals surface area contributed by atoms with Gasteiger partial charge in [-0.05, 0) is 13.8 Å². The summed E-state index contributed by atoms with van der Waals surface area (Å²) in [5.74, 6) is -0.870. The van der Waals surface area contributed by atoms with Crippen LogP contribution in [-0.4, -0.2) is 35.2 Å². The monoisotopic (exact) mass is 260 g/mol. The summed E-state index contributed by atoms with van der Waals surface area (Å²) in [6.07, 6.45) is 0. The Kier molecular flexibility index (Phi) is 28.5. The van der Waals surface area contributed by atoms with Gasteiger partial charge in [0, 0.05) is 11.1 Å². The largest absolute Gasteiger partial charge is 0.394 e. The van der Waals surface area contributed by atoms with E-state index >= 15 is 0 Å². The molecule has 0 unspecified atom stereocenters. The number of carbonyl (C=O) groups excluding carboxylic acids is 2. The molecule has 0 fully saturated rings. The van der Waals surface area contributed by atoms with Gasteiger partial charge in [0.05, 0.1) is 13.2 Å². The van der Waals surface area contributed by atoms with E-state index in [9.17, 15) is 9.59 Å². The van der Waals surface area contributed by atoms with Crippen LogP contribution >= 0.6 is 0 Å². The van der Waals surface area contributed by atoms with E-state index in [-0.39, 0.29) is 13.2 Å². The first-order chi connectivity index (χ1) is 8.20. The molecule has 6 nitrogen and oxygen atoms in total. The smallest absolute Gasteiger partial charge is 0.243 e. The Hall–Kier alpha value is -1.92. The maximum atomic E-state index is 9.82. The van der Waals surface area contributed by atoms with Crippen molar-refractivity contribution in [2.24, 2.45) is 11.5 Å². The van der Waals surface area contributed by atoms with Crippen molar-refractivity contribution in [3.63, 3.8) is 0 Å². The SMILES string of the molecule is C=C.C=C(C)C(N)=O.C=C(C)C(N)=O.OCCO. The van der Waals surface area contributed by atoms with Crippen LogP contribution in [0.3, 0.4) is 0 Å². The van der Waals surface area contributed by atoms with Crippen molar-refractivity contribution < 1.29 is 19.8 Å². The number of primary amides is 2. The van der Waals surface area contributed by atoms with Crippen molar-refractivity contribution in [1.29, 1.82) is 0 Å². The Balaban J connectivity index is -0.0000000777. The summed E-state index contributed by atoms with van der Waals surface area (Å²) in [6, 6.07) is 0. The molecular formula is C12H24N2O4. The summed E-state index contributed by atoms with van der Waals surface area (Å²) in [6.45, 7) is 15.5. The number of rotatable bonds is 3. The van der Waals surface area contributed by atoms with E-state index in [0.29, 0.717) is 11.1 Å². The predicted octanol–water partition coefficient (Wildman–Crippen LogP) is -0.131. The van der Waals surface area contributed by atoms with Gasteiger partial charge in [-0.1, -0.05) is 13.2 Å². The van der Waals surface area contributed by atoms with Crippen molar-refractivity contribution in [3.8, 4) is 0 Å². The number of hydrogen-bond donors (Lipinski definition) is 4. The summed E-state index contributed by atoms with van der Waals surface area (Å²) < 4.78 is 0. The fourth-order valence-corrected chi connectivity index (χ4v) is 0. The fraction of sp³-hybridized carbons (Fsp3) is 0.333. The van der Waals surface area contributed by atoms with Crippen molar-refractivity contribution in [1.82, 2.24) is 0 Å². The molecule has 6 N–H and O–H groups in total. The third-order valence-electron chi connectivity index (χ3n) is 0.941. The highest BCUT2D eigenvalue weighted by molar-refractivity contribution is 5.90. The quantitative estimate of drug-likeness (QED) is 0.416. The van der Waals surface area contributed by atoms with Gasteiger partial charge in [-0.25, -0.2) is 0 Å². The van der Waals surface area contributed by atoms with Gasteiger partial charge < -0.3 is 21.7 Å². The second kappa shape index (κ2) is 20.5. The maximum absolute atomic E-state index is 9.82. The van der Waals surface area contributed by atoms with Crippen molar-refractivity contribution >= 4 is 11.8 Å². The first kappa shape index (κ1) is 25.1. The van der Waals surface area contributed by atoms with Gasteiger partial charge in [0.1, 0.15) is 0 Å². The number of aliphatic hydroxyl groups is 2. The lowest BCUT2D eigenvalue weighted by Gasteiger charge is -1.81. The normalized spacial score (nSPS) is 6.89. The first-order valence-electron chi connectivity index (χ1n) is 4.83. The third-order valence-corrected chi connectivity index (χ3v) is 0.941. The highest BCUT2D eigenvalue weighted by Gasteiger charge is 1.87. The Morgan fingerprint density at radius 3 is 1.00 bits per heavy atom. The Morgan fingerprint density at radius 1 is 0.889 bits per heavy atom. The average molecular weight is 260 g/mol. The highest BCUT2D eigenvalue weighted by atomic mass is 16.3. The second-order valence-corrected chi connectivity index (χ2v) is 2.74. The van der Waals surface area contributed by atoms with Crippen LogP contribution in [0.1, 0.15) is 13.8 Å². The summed E-state index contributed by atoms with van der Waals surface area (Å²) in [5.41, 5.74) is 10.2. The third kappa shape index (κ3) is 48.1. The number of nitrogens with two attached hydrogens (primary N) is 2. The molecule has 0 heterocycles. The summed E-state index contributed by atoms with van der Waals surface area (Å²) in [4.78, 5) is 19.6. The van der Waals surface area contributed by atoms with E-state index in [0.717, 1.165) is 0 Å². The molecule has 0 aliphatic carbocycles. The Labute approximate surface area is 108 Å². The van der Waals surface area contributed by atoms with E-state index in [1.807, 2.05) is 0 Å². The zero-order valence-corrected chi connectivity index (χ0v) is 11.1. The summed E-state index contributed by atoms with van der Waals surface area (Å²) in [5, 5.41) is 15.2. The minimum absolute atomic E-state index is 0.125. The Bertz CT molecular complexity index is 213. The van der Waals surface area contributed by atoms with E-state index in [2.05, 4.69) is 26.3 Å². The van der Waals surface area contributed by atoms with Crippen molar-refractivity contribution in [2.45, 2.75) is 13.8 Å². The molecule has 0 rings (SSSR count). The van der Waals surface area contributed by atoms with Crippen LogP contribution in [0.4, 0.5) is 0 Å². The van der Waals surface area contributed by atoms with E-state index < -0.39 is 11.8 Å². The zero-order chi connectivity index (χ0) is 15.7. The van der Waals surface area contributed by atoms with Gasteiger partial charge >= 0.3 is 0 Å². The number of amides is 2. The Morgan fingerprint density at radius 2 is 1.00 bits per heavy atom. The van der Waals surface area contributed by atoms with Gasteiger partial charge in [-0.15, -0.1) is 13.2 Å². The molecule has 6 heteroatoms. The molecule has 0 aliphatic heterocycles. The van der Waals surface area contributed by atoms with Gasteiger partial charge in [0.2, 0.25) is 11.8 Å². The highest BCUT2D eigenvalue weighted by Crippen LogP contribution is 1.78. The van der Waals surface area contributed by atoms with Crippen LogP contribution < -0.4 is 11.5 Å². The molecule has 0 aromatic rings. The molecule has 0 aromatic carbocycles. The lowest BCUT2D eigenvalue weighted by Crippen LogP contribution is -2.10. The minimum Gasteiger partial charge on any atom is -0.394 e. The molecule has 0 aromatic heterocycles. The average Bonchev–Trinajstić information content (AvgIpc) is 2.32. The zero-order valence-electron chi connectivity index (χ0n) is 11.1. The molecule has 106 valence electrons. The van der Waals surface area contributed by atoms with Crippen molar-refractivity contribution in [3.05, 3.63) is 37.5 Å². The van der Waals surface area contributed by atoms with Gasteiger partial charge in [-0.2, -0.15) is 0 Å². The molecule has 18 heavy (non-hydrogen) atoms. The summed E-state index contributed by atoms with van der Waals surface area (Å²) in [7, 11) is 0. The van der Waals surface area contributed by atoms with Crippen LogP contribution in [0, 0.1) is 0 Å². The lowest BCUT2D eigenvalue weighted by molar-refractivity contribution is -0.115. The summed E-state index contributed by atoms with van der Waals surface area (Å²) >= 11 is 0. The van der Waals surface area contributed by atoms with E-state index in [1.165, 1.54) is 0 Å². The van der Waals surface area contributed by atoms with Crippen LogP contribution in [0.2, 0.25) is 0 Å².